The van der Waals surface area contributed by atoms with Crippen molar-refractivity contribution in [2.75, 3.05) is 0 Å². The Kier molecular flexibility index (Phi) is 3.64. The minimum atomic E-state index is -0.474. The number of aryl methyl sites for hydroxylation is 1. The fraction of sp³-hybridized carbons (Fsp3) is 0.250. The van der Waals surface area contributed by atoms with Crippen molar-refractivity contribution < 1.29 is 4.79 Å². The number of fused-ring (bicyclic) bond motifs is 4. The van der Waals surface area contributed by atoms with E-state index < -0.39 is 5.54 Å². The van der Waals surface area contributed by atoms with Gasteiger partial charge in [0.25, 0.3) is 5.91 Å². The Balaban J connectivity index is 1.77. The molecule has 0 N–H and O–H groups in total. The Bertz CT molecular complexity index is 1010. The molecule has 2 atom stereocenters. The van der Waals surface area contributed by atoms with E-state index in [4.69, 9.17) is 4.98 Å². The van der Waals surface area contributed by atoms with Crippen molar-refractivity contribution in [2.24, 2.45) is 0 Å². The Morgan fingerprint density at radius 2 is 1.78 bits per heavy atom. The Hall–Kier alpha value is -2.94. The molecule has 2 heterocycles. The molecule has 1 amide bonds. The first-order valence-corrected chi connectivity index (χ1v) is 9.66. The number of hydrogen-bond donors (Lipinski definition) is 0. The molecular weight excluding hydrogens is 332 g/mol. The standard InChI is InChI=1S/C24H22N2O/c1-17(18-9-3-2-4-10-18)26-23(27)20-13-8-16-25-22(20)24(26)15-7-12-19-11-5-6-14-21(19)24/h2-6,8-11,13-14,16-17H,7,12,15H2,1H3/t17-,24+/m0/s1. The Morgan fingerprint density at radius 3 is 2.63 bits per heavy atom. The lowest BCUT2D eigenvalue weighted by Crippen LogP contribution is -2.48. The summed E-state index contributed by atoms with van der Waals surface area (Å²) in [4.78, 5) is 20.4. The van der Waals surface area contributed by atoms with Gasteiger partial charge >= 0.3 is 0 Å². The summed E-state index contributed by atoms with van der Waals surface area (Å²) >= 11 is 0. The summed E-state index contributed by atoms with van der Waals surface area (Å²) in [6.07, 6.45) is 4.85. The lowest BCUT2D eigenvalue weighted by Gasteiger charge is -2.45. The van der Waals surface area contributed by atoms with Gasteiger partial charge in [0.1, 0.15) is 5.54 Å². The maximum atomic E-state index is 13.6. The van der Waals surface area contributed by atoms with Crippen molar-refractivity contribution in [2.45, 2.75) is 37.8 Å². The highest BCUT2D eigenvalue weighted by Gasteiger charge is 2.55. The fourth-order valence-corrected chi connectivity index (χ4v) is 5.02. The predicted molar refractivity (Wildman–Crippen MR) is 105 cm³/mol. The second-order valence-electron chi connectivity index (χ2n) is 7.53. The maximum absolute atomic E-state index is 13.6. The molecule has 1 aromatic heterocycles. The van der Waals surface area contributed by atoms with Crippen LogP contribution in [-0.2, 0) is 12.0 Å². The number of pyridine rings is 1. The summed E-state index contributed by atoms with van der Waals surface area (Å²) < 4.78 is 0. The molecule has 2 aromatic carbocycles. The topological polar surface area (TPSA) is 33.2 Å². The molecule has 1 aliphatic carbocycles. The number of carbonyl (C=O) groups excluding carboxylic acids is 1. The smallest absolute Gasteiger partial charge is 0.257 e. The number of amides is 1. The van der Waals surface area contributed by atoms with Crippen LogP contribution < -0.4 is 0 Å². The molecule has 3 heteroatoms. The van der Waals surface area contributed by atoms with Crippen molar-refractivity contribution in [3.8, 4) is 0 Å². The van der Waals surface area contributed by atoms with Gasteiger partial charge in [-0.15, -0.1) is 0 Å². The van der Waals surface area contributed by atoms with Crippen molar-refractivity contribution in [1.82, 2.24) is 9.88 Å². The molecule has 0 fully saturated rings. The van der Waals surface area contributed by atoms with Gasteiger partial charge in [0.05, 0.1) is 17.3 Å². The van der Waals surface area contributed by atoms with E-state index in [2.05, 4.69) is 48.2 Å². The molecule has 1 spiro atoms. The quantitative estimate of drug-likeness (QED) is 0.657. The van der Waals surface area contributed by atoms with E-state index in [0.29, 0.717) is 0 Å². The minimum absolute atomic E-state index is 0.0287. The Morgan fingerprint density at radius 1 is 1.00 bits per heavy atom. The van der Waals surface area contributed by atoms with Crippen LogP contribution in [0.3, 0.4) is 0 Å². The SMILES string of the molecule is C[C@@H](c1ccccc1)N1C(=O)c2cccnc2[C@]12CCCc1ccccc12. The average Bonchev–Trinajstić information content (AvgIpc) is 2.98. The molecule has 2 aliphatic rings. The van der Waals surface area contributed by atoms with E-state index in [0.717, 1.165) is 36.1 Å². The van der Waals surface area contributed by atoms with Gasteiger partial charge in [-0.25, -0.2) is 0 Å². The van der Waals surface area contributed by atoms with Gasteiger partial charge in [-0.1, -0.05) is 54.6 Å². The molecule has 0 saturated heterocycles. The normalized spacial score (nSPS) is 21.8. The second kappa shape index (κ2) is 6.05. The average molecular weight is 354 g/mol. The summed E-state index contributed by atoms with van der Waals surface area (Å²) in [5.74, 6) is 0.0890. The fourth-order valence-electron chi connectivity index (χ4n) is 5.02. The van der Waals surface area contributed by atoms with Gasteiger partial charge in [0, 0.05) is 6.20 Å². The number of nitrogens with zero attached hydrogens (tertiary/aromatic N) is 2. The lowest BCUT2D eigenvalue weighted by molar-refractivity contribution is 0.0453. The highest BCUT2D eigenvalue weighted by atomic mass is 16.2. The molecule has 134 valence electrons. The first-order valence-electron chi connectivity index (χ1n) is 9.66. The summed E-state index contributed by atoms with van der Waals surface area (Å²) in [5, 5.41) is 0. The third kappa shape index (κ3) is 2.21. The summed E-state index contributed by atoms with van der Waals surface area (Å²) in [7, 11) is 0. The number of hydrogen-bond acceptors (Lipinski definition) is 2. The molecule has 0 saturated carbocycles. The number of aromatic nitrogens is 1. The van der Waals surface area contributed by atoms with E-state index in [1.165, 1.54) is 11.1 Å². The van der Waals surface area contributed by atoms with Crippen LogP contribution in [0.15, 0.2) is 72.9 Å². The Labute approximate surface area is 159 Å². The van der Waals surface area contributed by atoms with Gasteiger partial charge in [-0.3, -0.25) is 9.78 Å². The highest BCUT2D eigenvalue weighted by molar-refractivity contribution is 6.00. The summed E-state index contributed by atoms with van der Waals surface area (Å²) in [6.45, 7) is 2.14. The van der Waals surface area contributed by atoms with Crippen LogP contribution in [0.5, 0.6) is 0 Å². The van der Waals surface area contributed by atoms with Crippen molar-refractivity contribution >= 4 is 5.91 Å². The molecular formula is C24H22N2O. The molecule has 27 heavy (non-hydrogen) atoms. The molecule has 0 radical (unpaired) electrons. The van der Waals surface area contributed by atoms with E-state index in [1.807, 2.05) is 36.5 Å². The molecule has 5 rings (SSSR count). The first kappa shape index (κ1) is 16.2. The number of benzene rings is 2. The molecule has 1 aliphatic heterocycles. The van der Waals surface area contributed by atoms with E-state index in [9.17, 15) is 4.79 Å². The van der Waals surface area contributed by atoms with Crippen LogP contribution >= 0.6 is 0 Å². The van der Waals surface area contributed by atoms with Gasteiger partial charge in [0.2, 0.25) is 0 Å². The van der Waals surface area contributed by atoms with Crippen LogP contribution in [0, 0.1) is 0 Å². The van der Waals surface area contributed by atoms with Crippen molar-refractivity contribution in [3.63, 3.8) is 0 Å². The van der Waals surface area contributed by atoms with Gasteiger partial charge < -0.3 is 4.90 Å². The van der Waals surface area contributed by atoms with Gasteiger partial charge in [0.15, 0.2) is 0 Å². The second-order valence-corrected chi connectivity index (χ2v) is 7.53. The largest absolute Gasteiger partial charge is 0.316 e. The van der Waals surface area contributed by atoms with Crippen LogP contribution in [0.1, 0.15) is 58.5 Å². The molecule has 0 bridgehead atoms. The predicted octanol–water partition coefficient (Wildman–Crippen LogP) is 4.88. The third-order valence-electron chi connectivity index (χ3n) is 6.18. The molecule has 0 unspecified atom stereocenters. The number of rotatable bonds is 2. The number of carbonyl (C=O) groups is 1. The summed E-state index contributed by atoms with van der Waals surface area (Å²) in [6, 6.07) is 22.7. The van der Waals surface area contributed by atoms with E-state index >= 15 is 0 Å². The summed E-state index contributed by atoms with van der Waals surface area (Å²) in [5.41, 5.74) is 4.92. The zero-order valence-electron chi connectivity index (χ0n) is 15.4. The monoisotopic (exact) mass is 354 g/mol. The highest BCUT2D eigenvalue weighted by Crippen LogP contribution is 2.52. The van der Waals surface area contributed by atoms with E-state index in [1.54, 1.807) is 0 Å². The van der Waals surface area contributed by atoms with Gasteiger partial charge in [-0.2, -0.15) is 0 Å². The molecule has 3 nitrogen and oxygen atoms in total. The van der Waals surface area contributed by atoms with Gasteiger partial charge in [-0.05, 0) is 55.0 Å². The van der Waals surface area contributed by atoms with Crippen LogP contribution in [-0.4, -0.2) is 15.8 Å². The van der Waals surface area contributed by atoms with Crippen LogP contribution in [0.2, 0.25) is 0 Å². The maximum Gasteiger partial charge on any atom is 0.257 e. The lowest BCUT2D eigenvalue weighted by atomic mass is 9.73. The minimum Gasteiger partial charge on any atom is -0.316 e. The van der Waals surface area contributed by atoms with Crippen molar-refractivity contribution in [3.05, 3.63) is 101 Å². The first-order chi connectivity index (χ1) is 13.2. The van der Waals surface area contributed by atoms with Crippen LogP contribution in [0.25, 0.3) is 0 Å². The van der Waals surface area contributed by atoms with Crippen LogP contribution in [0.4, 0.5) is 0 Å². The zero-order chi connectivity index (χ0) is 18.4. The van der Waals surface area contributed by atoms with E-state index in [-0.39, 0.29) is 11.9 Å². The third-order valence-corrected chi connectivity index (χ3v) is 6.18. The molecule has 3 aromatic rings. The van der Waals surface area contributed by atoms with Crippen molar-refractivity contribution in [1.29, 1.82) is 0 Å². The zero-order valence-corrected chi connectivity index (χ0v) is 15.4.